The maximum Gasteiger partial charge on any atom is 0.136 e. The van der Waals surface area contributed by atoms with Gasteiger partial charge < -0.3 is 9.15 Å². The molecule has 6 atom stereocenters. The minimum atomic E-state index is -0.100. The van der Waals surface area contributed by atoms with Crippen molar-refractivity contribution < 1.29 is 9.15 Å². The van der Waals surface area contributed by atoms with Crippen molar-refractivity contribution in [2.75, 3.05) is 0 Å². The van der Waals surface area contributed by atoms with Crippen LogP contribution in [0.5, 0.6) is 5.75 Å². The van der Waals surface area contributed by atoms with Gasteiger partial charge in [-0.3, -0.25) is 16.0 Å². The second-order valence-electron chi connectivity index (χ2n) is 15.0. The van der Waals surface area contributed by atoms with Crippen molar-refractivity contribution in [2.45, 2.75) is 81.4 Å². The van der Waals surface area contributed by atoms with Crippen molar-refractivity contribution in [2.24, 2.45) is 0 Å². The molecule has 2 fully saturated rings. The first-order valence-corrected chi connectivity index (χ1v) is 19.6. The Hall–Kier alpha value is -4.46. The van der Waals surface area contributed by atoms with Gasteiger partial charge in [-0.2, -0.15) is 0 Å². The third kappa shape index (κ3) is 4.99. The fourth-order valence-corrected chi connectivity index (χ4v) is 10.7. The van der Waals surface area contributed by atoms with Crippen molar-refractivity contribution in [3.8, 4) is 5.75 Å². The normalized spacial score (nSPS) is 26.6. The molecule has 0 amide bonds. The van der Waals surface area contributed by atoms with Crippen molar-refractivity contribution in [3.05, 3.63) is 148 Å². The Morgan fingerprint density at radius 2 is 1.51 bits per heavy atom. The van der Waals surface area contributed by atoms with Gasteiger partial charge in [-0.15, -0.1) is 11.3 Å². The number of allylic oxidation sites excluding steroid dienone is 2. The van der Waals surface area contributed by atoms with Crippen LogP contribution in [0.1, 0.15) is 101 Å². The number of ether oxygens (including phenoxy) is 1. The summed E-state index contributed by atoms with van der Waals surface area (Å²) in [7, 11) is 0. The molecule has 0 radical (unpaired) electrons. The Morgan fingerprint density at radius 3 is 2.45 bits per heavy atom. The van der Waals surface area contributed by atoms with Gasteiger partial charge in [0, 0.05) is 66.3 Å². The number of rotatable bonds is 4. The molecule has 6 heteroatoms. The molecule has 11 rings (SSSR count). The van der Waals surface area contributed by atoms with Crippen LogP contribution >= 0.6 is 11.3 Å². The van der Waals surface area contributed by atoms with Gasteiger partial charge in [0.15, 0.2) is 0 Å². The summed E-state index contributed by atoms with van der Waals surface area (Å²) in [6.07, 6.45) is 15.1. The lowest BCUT2D eigenvalue weighted by Gasteiger charge is -2.40. The Labute approximate surface area is 302 Å². The van der Waals surface area contributed by atoms with Gasteiger partial charge in [0.25, 0.3) is 0 Å². The van der Waals surface area contributed by atoms with Crippen molar-refractivity contribution in [1.29, 1.82) is 0 Å². The van der Waals surface area contributed by atoms with E-state index in [-0.39, 0.29) is 24.4 Å². The molecule has 5 aliphatic rings. The summed E-state index contributed by atoms with van der Waals surface area (Å²) in [6.45, 7) is 0. The zero-order chi connectivity index (χ0) is 33.5. The predicted molar refractivity (Wildman–Crippen MR) is 207 cm³/mol. The maximum atomic E-state index is 6.98. The molecule has 6 unspecified atom stereocenters. The molecule has 4 aromatic carbocycles. The fraction of sp³-hybridized carbons (Fsp3) is 0.289. The van der Waals surface area contributed by atoms with Crippen LogP contribution in [0.3, 0.4) is 0 Å². The summed E-state index contributed by atoms with van der Waals surface area (Å²) >= 11 is 1.86. The van der Waals surface area contributed by atoms with E-state index in [0.717, 1.165) is 36.5 Å². The molecule has 1 saturated heterocycles. The maximum absolute atomic E-state index is 6.98. The molecule has 51 heavy (non-hydrogen) atoms. The fourth-order valence-electron chi connectivity index (χ4n) is 9.58. The van der Waals surface area contributed by atoms with Crippen LogP contribution in [0.2, 0.25) is 0 Å². The van der Waals surface area contributed by atoms with E-state index in [2.05, 4.69) is 125 Å². The topological polar surface area (TPSA) is 58.5 Å². The van der Waals surface area contributed by atoms with Crippen LogP contribution < -0.4 is 20.7 Å². The Bertz CT molecular complexity index is 2370. The molecule has 1 saturated carbocycles. The van der Waals surface area contributed by atoms with Crippen molar-refractivity contribution >= 4 is 43.2 Å². The van der Waals surface area contributed by atoms with Crippen LogP contribution in [0, 0.1) is 0 Å². The molecule has 2 aromatic heterocycles. The average Bonchev–Trinajstić information content (AvgIpc) is 3.88. The molecule has 254 valence electrons. The summed E-state index contributed by atoms with van der Waals surface area (Å²) < 4.78 is 16.3. The van der Waals surface area contributed by atoms with E-state index in [1.54, 1.807) is 0 Å². The van der Waals surface area contributed by atoms with E-state index < -0.39 is 0 Å². The number of fused-ring (bicyclic) bond motifs is 9. The number of hydrogen-bond acceptors (Lipinski definition) is 6. The summed E-state index contributed by atoms with van der Waals surface area (Å²) in [5.74, 6) is 4.10. The first-order chi connectivity index (χ1) is 25.2. The van der Waals surface area contributed by atoms with Gasteiger partial charge in [0.1, 0.15) is 23.4 Å². The highest BCUT2D eigenvalue weighted by molar-refractivity contribution is 7.25. The highest BCUT2D eigenvalue weighted by atomic mass is 32.1. The molecule has 4 heterocycles. The summed E-state index contributed by atoms with van der Waals surface area (Å²) in [5.41, 5.74) is 9.04. The standard InChI is InChI=1S/C45H41N3O2S/c1-2-10-26(11-3-1)43-46-44(28-21-23-40-36(24-28)32-13-5-7-19-39(32)51-40)48-45(47-43)35-17-9-16-34-31-22-20-27(25-38(31)50-42(34)35)29-14-8-15-33-30-12-4-6-18-37(30)49-41(29)33/h1-3,5,7-8,10-11,13-15,17,19-24,27,30,37,43-48H,4,6,9,12,16,18,25H2. The molecule has 5 nitrogen and oxygen atoms in total. The van der Waals surface area contributed by atoms with E-state index in [0.29, 0.717) is 12.0 Å². The predicted octanol–water partition coefficient (Wildman–Crippen LogP) is 10.3. The van der Waals surface area contributed by atoms with Crippen LogP contribution in [0.25, 0.3) is 31.8 Å². The molecule has 3 aliphatic carbocycles. The largest absolute Gasteiger partial charge is 0.489 e. The van der Waals surface area contributed by atoms with E-state index in [1.165, 1.54) is 84.8 Å². The Morgan fingerprint density at radius 1 is 0.706 bits per heavy atom. The SMILES string of the molecule is C1=CC(c2cccc3c2OC2CCCCC32)Cc2oc3c(c21)CCC=C3C1NC(c2ccccc2)NC(c2ccc3sc4ccccc4c3c2)N1. The van der Waals surface area contributed by atoms with Crippen LogP contribution in [-0.4, -0.2) is 12.3 Å². The Balaban J connectivity index is 0.926. The summed E-state index contributed by atoms with van der Waals surface area (Å²) in [4.78, 5) is 0. The van der Waals surface area contributed by atoms with Crippen LogP contribution in [-0.2, 0) is 12.8 Å². The van der Waals surface area contributed by atoms with E-state index >= 15 is 0 Å². The Kier molecular flexibility index (Phi) is 7.14. The van der Waals surface area contributed by atoms with Gasteiger partial charge >= 0.3 is 0 Å². The molecule has 0 bridgehead atoms. The smallest absolute Gasteiger partial charge is 0.136 e. The lowest BCUT2D eigenvalue weighted by molar-refractivity contribution is 0.162. The minimum absolute atomic E-state index is 0.0404. The van der Waals surface area contributed by atoms with E-state index in [4.69, 9.17) is 9.15 Å². The van der Waals surface area contributed by atoms with Gasteiger partial charge in [-0.1, -0.05) is 97.4 Å². The van der Waals surface area contributed by atoms with Gasteiger partial charge in [0.05, 0.1) is 18.5 Å². The lowest BCUT2D eigenvalue weighted by Crippen LogP contribution is -2.59. The second-order valence-corrected chi connectivity index (χ2v) is 16.1. The highest BCUT2D eigenvalue weighted by Crippen LogP contribution is 2.50. The molecule has 2 aliphatic heterocycles. The third-order valence-corrected chi connectivity index (χ3v) is 13.2. The number of para-hydroxylation sites is 1. The third-order valence-electron chi connectivity index (χ3n) is 12.1. The summed E-state index contributed by atoms with van der Waals surface area (Å²) in [6, 6.07) is 33.3. The van der Waals surface area contributed by atoms with Crippen molar-refractivity contribution in [3.63, 3.8) is 0 Å². The van der Waals surface area contributed by atoms with E-state index in [9.17, 15) is 0 Å². The number of hydrogen-bond donors (Lipinski definition) is 3. The van der Waals surface area contributed by atoms with Crippen LogP contribution in [0.4, 0.5) is 0 Å². The van der Waals surface area contributed by atoms with Crippen LogP contribution in [0.15, 0.2) is 108 Å². The minimum Gasteiger partial charge on any atom is -0.489 e. The first kappa shape index (κ1) is 30.2. The second kappa shape index (κ2) is 12.1. The molecular formula is C45H41N3O2S. The first-order valence-electron chi connectivity index (χ1n) is 18.8. The van der Waals surface area contributed by atoms with Gasteiger partial charge in [-0.05, 0) is 61.4 Å². The number of thiophene rings is 1. The quantitative estimate of drug-likeness (QED) is 0.172. The number of nitrogens with one attached hydrogen (secondary N) is 3. The number of furan rings is 1. The highest BCUT2D eigenvalue weighted by Gasteiger charge is 2.40. The monoisotopic (exact) mass is 687 g/mol. The molecule has 6 aromatic rings. The summed E-state index contributed by atoms with van der Waals surface area (Å²) in [5, 5.41) is 14.4. The van der Waals surface area contributed by atoms with E-state index in [1.807, 2.05) is 11.3 Å². The lowest BCUT2D eigenvalue weighted by atomic mass is 9.81. The molecule has 3 N–H and O–H groups in total. The van der Waals surface area contributed by atoms with Gasteiger partial charge in [0.2, 0.25) is 0 Å². The zero-order valence-corrected chi connectivity index (χ0v) is 29.3. The molecule has 0 spiro atoms. The number of benzene rings is 4. The molecular weight excluding hydrogens is 647 g/mol. The van der Waals surface area contributed by atoms with Gasteiger partial charge in [-0.25, -0.2) is 0 Å². The van der Waals surface area contributed by atoms with Crippen molar-refractivity contribution in [1.82, 2.24) is 16.0 Å². The zero-order valence-electron chi connectivity index (χ0n) is 28.5. The average molecular weight is 688 g/mol.